The van der Waals surface area contributed by atoms with Crippen molar-refractivity contribution in [3.63, 3.8) is 0 Å². The maximum Gasteiger partial charge on any atom is 0.0599 e. The van der Waals surface area contributed by atoms with E-state index in [1.807, 2.05) is 0 Å². The van der Waals surface area contributed by atoms with Gasteiger partial charge in [-0.25, -0.2) is 0 Å². The van der Waals surface area contributed by atoms with E-state index in [0.29, 0.717) is 12.1 Å². The highest BCUT2D eigenvalue weighted by Gasteiger charge is 2.19. The van der Waals surface area contributed by atoms with Crippen molar-refractivity contribution in [2.45, 2.75) is 45.3 Å². The van der Waals surface area contributed by atoms with E-state index in [9.17, 15) is 0 Å². The van der Waals surface area contributed by atoms with Crippen LogP contribution in [-0.4, -0.2) is 43.3 Å². The third kappa shape index (κ3) is 3.95. The molecule has 84 valence electrons. The van der Waals surface area contributed by atoms with E-state index in [4.69, 9.17) is 10.5 Å². The van der Waals surface area contributed by atoms with Crippen molar-refractivity contribution in [1.29, 1.82) is 0 Å². The van der Waals surface area contributed by atoms with Crippen LogP contribution in [-0.2, 0) is 4.74 Å². The molecule has 1 aliphatic rings. The smallest absolute Gasteiger partial charge is 0.0599 e. The Morgan fingerprint density at radius 3 is 2.50 bits per heavy atom. The summed E-state index contributed by atoms with van der Waals surface area (Å²) in [6, 6.07) is 0.346. The van der Waals surface area contributed by atoms with Crippen LogP contribution in [0, 0.1) is 0 Å². The summed E-state index contributed by atoms with van der Waals surface area (Å²) in [6.07, 6.45) is 3.91. The molecule has 1 aliphatic heterocycles. The summed E-state index contributed by atoms with van der Waals surface area (Å²) in [7, 11) is 0. The van der Waals surface area contributed by atoms with Gasteiger partial charge in [-0.1, -0.05) is 6.92 Å². The fourth-order valence-electron chi connectivity index (χ4n) is 1.95. The Morgan fingerprint density at radius 2 is 2.00 bits per heavy atom. The van der Waals surface area contributed by atoms with Gasteiger partial charge in [-0.15, -0.1) is 0 Å². The third-order valence-corrected chi connectivity index (χ3v) is 2.95. The van der Waals surface area contributed by atoms with Gasteiger partial charge in [-0.05, 0) is 26.2 Å². The van der Waals surface area contributed by atoms with E-state index in [2.05, 4.69) is 18.7 Å². The van der Waals surface area contributed by atoms with Crippen LogP contribution in [0.1, 0.15) is 33.1 Å². The van der Waals surface area contributed by atoms with Crippen LogP contribution >= 0.6 is 0 Å². The molecule has 1 fully saturated rings. The highest BCUT2D eigenvalue weighted by molar-refractivity contribution is 4.75. The lowest BCUT2D eigenvalue weighted by atomic mass is 10.1. The molecule has 3 heteroatoms. The Morgan fingerprint density at radius 1 is 1.36 bits per heavy atom. The molecule has 3 nitrogen and oxygen atoms in total. The lowest BCUT2D eigenvalue weighted by Crippen LogP contribution is -2.43. The average Bonchev–Trinajstić information content (AvgIpc) is 2.21. The molecule has 2 N–H and O–H groups in total. The standard InChI is InChI=1S/C11H24N2O/c1-3-10(12)9-13-7-5-11(6-8-13)14-4-2/h10-11H,3-9,12H2,1-2H3. The van der Waals surface area contributed by atoms with Gasteiger partial charge in [0.1, 0.15) is 0 Å². The van der Waals surface area contributed by atoms with E-state index in [1.54, 1.807) is 0 Å². The number of hydrogen-bond donors (Lipinski definition) is 1. The average molecular weight is 200 g/mol. The molecule has 1 rings (SSSR count). The van der Waals surface area contributed by atoms with Gasteiger partial charge in [0.2, 0.25) is 0 Å². The van der Waals surface area contributed by atoms with Crippen molar-refractivity contribution < 1.29 is 4.74 Å². The molecule has 1 saturated heterocycles. The number of rotatable bonds is 5. The zero-order chi connectivity index (χ0) is 10.4. The van der Waals surface area contributed by atoms with Crippen LogP contribution in [0.25, 0.3) is 0 Å². The first-order valence-electron chi connectivity index (χ1n) is 5.85. The molecular weight excluding hydrogens is 176 g/mol. The summed E-state index contributed by atoms with van der Waals surface area (Å²) < 4.78 is 5.60. The van der Waals surface area contributed by atoms with Crippen LogP contribution in [0.5, 0.6) is 0 Å². The minimum Gasteiger partial charge on any atom is -0.378 e. The Balaban J connectivity index is 2.15. The summed E-state index contributed by atoms with van der Waals surface area (Å²) in [5, 5.41) is 0. The Hall–Kier alpha value is -0.120. The molecule has 0 aromatic heterocycles. The molecule has 1 unspecified atom stereocenters. The second-order valence-corrected chi connectivity index (χ2v) is 4.12. The van der Waals surface area contributed by atoms with Gasteiger partial charge in [0.15, 0.2) is 0 Å². The van der Waals surface area contributed by atoms with Crippen LogP contribution < -0.4 is 5.73 Å². The molecule has 0 aromatic carbocycles. The van der Waals surface area contributed by atoms with E-state index in [0.717, 1.165) is 32.7 Å². The molecule has 0 aromatic rings. The van der Waals surface area contributed by atoms with Gasteiger partial charge >= 0.3 is 0 Å². The van der Waals surface area contributed by atoms with Gasteiger partial charge in [-0.2, -0.15) is 0 Å². The molecular formula is C11H24N2O. The second kappa shape index (κ2) is 6.38. The van der Waals surface area contributed by atoms with Crippen molar-refractivity contribution in [3.05, 3.63) is 0 Å². The van der Waals surface area contributed by atoms with E-state index < -0.39 is 0 Å². The number of hydrogen-bond acceptors (Lipinski definition) is 3. The quantitative estimate of drug-likeness (QED) is 0.725. The topological polar surface area (TPSA) is 38.5 Å². The number of nitrogens with two attached hydrogens (primary N) is 1. The van der Waals surface area contributed by atoms with E-state index in [1.165, 1.54) is 12.8 Å². The minimum atomic E-state index is 0.346. The van der Waals surface area contributed by atoms with Gasteiger partial charge in [0.05, 0.1) is 6.10 Å². The van der Waals surface area contributed by atoms with Crippen molar-refractivity contribution in [2.24, 2.45) is 5.73 Å². The predicted octanol–water partition coefficient (Wildman–Crippen LogP) is 1.22. The molecule has 0 bridgehead atoms. The van der Waals surface area contributed by atoms with Gasteiger partial charge < -0.3 is 15.4 Å². The first kappa shape index (κ1) is 12.0. The van der Waals surface area contributed by atoms with Gasteiger partial charge in [-0.3, -0.25) is 0 Å². The molecule has 1 heterocycles. The second-order valence-electron chi connectivity index (χ2n) is 4.12. The maximum absolute atomic E-state index is 5.92. The fourth-order valence-corrected chi connectivity index (χ4v) is 1.95. The fraction of sp³-hybridized carbons (Fsp3) is 1.00. The lowest BCUT2D eigenvalue weighted by Gasteiger charge is -2.33. The third-order valence-electron chi connectivity index (χ3n) is 2.95. The summed E-state index contributed by atoms with van der Waals surface area (Å²) in [6.45, 7) is 8.42. The molecule has 14 heavy (non-hydrogen) atoms. The van der Waals surface area contributed by atoms with Crippen LogP contribution in [0.15, 0.2) is 0 Å². The molecule has 0 radical (unpaired) electrons. The van der Waals surface area contributed by atoms with Crippen molar-refractivity contribution in [1.82, 2.24) is 4.90 Å². The van der Waals surface area contributed by atoms with Crippen LogP contribution in [0.3, 0.4) is 0 Å². The monoisotopic (exact) mass is 200 g/mol. The van der Waals surface area contributed by atoms with Crippen molar-refractivity contribution >= 4 is 0 Å². The lowest BCUT2D eigenvalue weighted by molar-refractivity contribution is 0.0131. The van der Waals surface area contributed by atoms with E-state index in [-0.39, 0.29) is 0 Å². The van der Waals surface area contributed by atoms with Gasteiger partial charge in [0.25, 0.3) is 0 Å². The molecule has 0 amide bonds. The number of piperidine rings is 1. The SMILES string of the molecule is CCOC1CCN(CC(N)CC)CC1. The van der Waals surface area contributed by atoms with Gasteiger partial charge in [0, 0.05) is 32.3 Å². The number of likely N-dealkylation sites (tertiary alicyclic amines) is 1. The Labute approximate surface area is 87.6 Å². The Bertz CT molecular complexity index is 144. The number of nitrogens with zero attached hydrogens (tertiary/aromatic N) is 1. The predicted molar refractivity (Wildman–Crippen MR) is 59.4 cm³/mol. The minimum absolute atomic E-state index is 0.346. The summed E-state index contributed by atoms with van der Waals surface area (Å²) >= 11 is 0. The maximum atomic E-state index is 5.92. The zero-order valence-electron chi connectivity index (χ0n) is 9.54. The Kier molecular flexibility index (Phi) is 5.45. The first-order valence-corrected chi connectivity index (χ1v) is 5.85. The highest BCUT2D eigenvalue weighted by atomic mass is 16.5. The number of ether oxygens (including phenoxy) is 1. The normalized spacial score (nSPS) is 22.5. The summed E-state index contributed by atoms with van der Waals surface area (Å²) in [5.74, 6) is 0. The summed E-state index contributed by atoms with van der Waals surface area (Å²) in [5.41, 5.74) is 5.92. The molecule has 0 spiro atoms. The van der Waals surface area contributed by atoms with Crippen LogP contribution in [0.2, 0.25) is 0 Å². The largest absolute Gasteiger partial charge is 0.378 e. The van der Waals surface area contributed by atoms with E-state index >= 15 is 0 Å². The highest BCUT2D eigenvalue weighted by Crippen LogP contribution is 2.13. The van der Waals surface area contributed by atoms with Crippen molar-refractivity contribution in [2.75, 3.05) is 26.2 Å². The van der Waals surface area contributed by atoms with Crippen molar-refractivity contribution in [3.8, 4) is 0 Å². The molecule has 0 saturated carbocycles. The zero-order valence-corrected chi connectivity index (χ0v) is 9.54. The van der Waals surface area contributed by atoms with Crippen LogP contribution in [0.4, 0.5) is 0 Å². The molecule has 0 aliphatic carbocycles. The first-order chi connectivity index (χ1) is 6.76. The molecule has 1 atom stereocenters. The summed E-state index contributed by atoms with van der Waals surface area (Å²) in [4.78, 5) is 2.46.